The number of carbonyl (C=O) groups excluding carboxylic acids is 1. The number of hydrogen-bond donors (Lipinski definition) is 1. The van der Waals surface area contributed by atoms with Gasteiger partial charge in [0.05, 0.1) is 12.0 Å². The highest BCUT2D eigenvalue weighted by molar-refractivity contribution is 5.77. The van der Waals surface area contributed by atoms with Crippen LogP contribution >= 0.6 is 0 Å². The maximum absolute atomic E-state index is 12.1. The maximum atomic E-state index is 12.1. The number of ether oxygens (including phenoxy) is 1. The van der Waals surface area contributed by atoms with Crippen LogP contribution in [0.5, 0.6) is 0 Å². The fourth-order valence-corrected chi connectivity index (χ4v) is 2.35. The standard InChI is InChI=1S/C13H26N2O2/c1-10-9-15(7-6-11(10)14-4)12(16)8-13(2,3)17-5/h10-11,14H,6-9H2,1-5H3. The Bertz CT molecular complexity index is 266. The fourth-order valence-electron chi connectivity index (χ4n) is 2.35. The van der Waals surface area contributed by atoms with Crippen molar-refractivity contribution in [3.05, 3.63) is 0 Å². The Kier molecular flexibility index (Phi) is 4.95. The second-order valence-corrected chi connectivity index (χ2v) is 5.64. The zero-order chi connectivity index (χ0) is 13.1. The molecule has 0 aromatic heterocycles. The Morgan fingerprint density at radius 2 is 2.18 bits per heavy atom. The van der Waals surface area contributed by atoms with Crippen molar-refractivity contribution in [2.45, 2.75) is 45.3 Å². The van der Waals surface area contributed by atoms with Crippen LogP contribution in [-0.2, 0) is 9.53 Å². The predicted molar refractivity (Wildman–Crippen MR) is 68.9 cm³/mol. The van der Waals surface area contributed by atoms with Crippen molar-refractivity contribution in [1.29, 1.82) is 0 Å². The molecule has 1 N–H and O–H groups in total. The first-order valence-electron chi connectivity index (χ1n) is 6.40. The molecule has 4 nitrogen and oxygen atoms in total. The highest BCUT2D eigenvalue weighted by Gasteiger charge is 2.30. The number of methoxy groups -OCH3 is 1. The van der Waals surface area contributed by atoms with Crippen molar-refractivity contribution in [2.24, 2.45) is 5.92 Å². The van der Waals surface area contributed by atoms with Crippen LogP contribution in [0, 0.1) is 5.92 Å². The molecule has 4 heteroatoms. The monoisotopic (exact) mass is 242 g/mol. The van der Waals surface area contributed by atoms with Gasteiger partial charge in [0, 0.05) is 26.2 Å². The van der Waals surface area contributed by atoms with Crippen molar-refractivity contribution < 1.29 is 9.53 Å². The molecule has 100 valence electrons. The third-order valence-electron chi connectivity index (χ3n) is 3.76. The lowest BCUT2D eigenvalue weighted by molar-refractivity contribution is -0.138. The van der Waals surface area contributed by atoms with Gasteiger partial charge < -0.3 is 15.0 Å². The van der Waals surface area contributed by atoms with Gasteiger partial charge in [-0.05, 0) is 33.2 Å². The molecule has 1 fully saturated rings. The smallest absolute Gasteiger partial charge is 0.225 e. The Hall–Kier alpha value is -0.610. The number of rotatable bonds is 4. The van der Waals surface area contributed by atoms with E-state index in [4.69, 9.17) is 4.74 Å². The van der Waals surface area contributed by atoms with Crippen LogP contribution in [0.15, 0.2) is 0 Å². The molecule has 2 atom stereocenters. The van der Waals surface area contributed by atoms with Crippen molar-refractivity contribution in [1.82, 2.24) is 10.2 Å². The average Bonchev–Trinajstić information content (AvgIpc) is 2.28. The van der Waals surface area contributed by atoms with Gasteiger partial charge in [-0.15, -0.1) is 0 Å². The van der Waals surface area contributed by atoms with Gasteiger partial charge in [-0.3, -0.25) is 4.79 Å². The molecule has 0 aromatic carbocycles. The second kappa shape index (κ2) is 5.83. The number of nitrogens with zero attached hydrogens (tertiary/aromatic N) is 1. The minimum absolute atomic E-state index is 0.207. The van der Waals surface area contributed by atoms with Gasteiger partial charge >= 0.3 is 0 Å². The van der Waals surface area contributed by atoms with Crippen LogP contribution in [-0.4, -0.2) is 49.7 Å². The Balaban J connectivity index is 2.50. The number of amides is 1. The lowest BCUT2D eigenvalue weighted by Crippen LogP contribution is -2.50. The molecule has 1 rings (SSSR count). The zero-order valence-corrected chi connectivity index (χ0v) is 11.7. The summed E-state index contributed by atoms with van der Waals surface area (Å²) in [6, 6.07) is 0.537. The molecule has 0 spiro atoms. The number of piperidine rings is 1. The fraction of sp³-hybridized carbons (Fsp3) is 0.923. The molecule has 1 aliphatic heterocycles. The minimum atomic E-state index is -0.361. The molecule has 0 radical (unpaired) electrons. The SMILES string of the molecule is CNC1CCN(C(=O)CC(C)(C)OC)CC1C. The van der Waals surface area contributed by atoms with E-state index in [9.17, 15) is 4.79 Å². The van der Waals surface area contributed by atoms with Gasteiger partial charge in [-0.1, -0.05) is 6.92 Å². The summed E-state index contributed by atoms with van der Waals surface area (Å²) in [7, 11) is 3.65. The van der Waals surface area contributed by atoms with Crippen molar-refractivity contribution in [3.8, 4) is 0 Å². The molecule has 0 aliphatic carbocycles. The van der Waals surface area contributed by atoms with E-state index in [2.05, 4.69) is 12.2 Å². The molecular weight excluding hydrogens is 216 g/mol. The van der Waals surface area contributed by atoms with Gasteiger partial charge in [-0.2, -0.15) is 0 Å². The molecule has 1 saturated heterocycles. The Morgan fingerprint density at radius 1 is 1.53 bits per heavy atom. The van der Waals surface area contributed by atoms with Crippen LogP contribution < -0.4 is 5.32 Å². The van der Waals surface area contributed by atoms with Crippen molar-refractivity contribution >= 4 is 5.91 Å². The quantitative estimate of drug-likeness (QED) is 0.807. The van der Waals surface area contributed by atoms with E-state index in [1.54, 1.807) is 7.11 Å². The van der Waals surface area contributed by atoms with Crippen LogP contribution in [0.4, 0.5) is 0 Å². The summed E-state index contributed by atoms with van der Waals surface area (Å²) in [5.41, 5.74) is -0.361. The predicted octanol–water partition coefficient (Wildman–Crippen LogP) is 1.26. The largest absolute Gasteiger partial charge is 0.378 e. The highest BCUT2D eigenvalue weighted by Crippen LogP contribution is 2.20. The van der Waals surface area contributed by atoms with Crippen molar-refractivity contribution in [3.63, 3.8) is 0 Å². The Morgan fingerprint density at radius 3 is 2.65 bits per heavy atom. The summed E-state index contributed by atoms with van der Waals surface area (Å²) >= 11 is 0. The summed E-state index contributed by atoms with van der Waals surface area (Å²) in [6.07, 6.45) is 1.50. The van der Waals surface area contributed by atoms with E-state index in [0.717, 1.165) is 19.5 Å². The number of nitrogens with one attached hydrogen (secondary N) is 1. The van der Waals surface area contributed by atoms with Crippen LogP contribution in [0.2, 0.25) is 0 Å². The summed E-state index contributed by atoms with van der Waals surface area (Å²) < 4.78 is 5.31. The van der Waals surface area contributed by atoms with Gasteiger partial charge in [0.25, 0.3) is 0 Å². The van der Waals surface area contributed by atoms with E-state index in [0.29, 0.717) is 18.4 Å². The van der Waals surface area contributed by atoms with Crippen LogP contribution in [0.25, 0.3) is 0 Å². The average molecular weight is 242 g/mol. The van der Waals surface area contributed by atoms with E-state index >= 15 is 0 Å². The number of carbonyl (C=O) groups is 1. The van der Waals surface area contributed by atoms with Gasteiger partial charge in [0.2, 0.25) is 5.91 Å². The van der Waals surface area contributed by atoms with E-state index in [1.165, 1.54) is 0 Å². The first kappa shape index (κ1) is 14.5. The first-order valence-corrected chi connectivity index (χ1v) is 6.40. The van der Waals surface area contributed by atoms with Crippen molar-refractivity contribution in [2.75, 3.05) is 27.2 Å². The molecule has 1 amide bonds. The second-order valence-electron chi connectivity index (χ2n) is 5.64. The molecule has 17 heavy (non-hydrogen) atoms. The third-order valence-corrected chi connectivity index (χ3v) is 3.76. The van der Waals surface area contributed by atoms with E-state index in [1.807, 2.05) is 25.8 Å². The van der Waals surface area contributed by atoms with Crippen LogP contribution in [0.1, 0.15) is 33.6 Å². The number of likely N-dealkylation sites (tertiary alicyclic amines) is 1. The number of hydrogen-bond acceptors (Lipinski definition) is 3. The lowest BCUT2D eigenvalue weighted by Gasteiger charge is -2.38. The maximum Gasteiger partial charge on any atom is 0.225 e. The van der Waals surface area contributed by atoms with E-state index in [-0.39, 0.29) is 11.5 Å². The first-order chi connectivity index (χ1) is 7.89. The summed E-state index contributed by atoms with van der Waals surface area (Å²) in [4.78, 5) is 14.1. The lowest BCUT2D eigenvalue weighted by atomic mass is 9.93. The van der Waals surface area contributed by atoms with Gasteiger partial charge in [0.1, 0.15) is 0 Å². The van der Waals surface area contributed by atoms with E-state index < -0.39 is 0 Å². The molecule has 0 saturated carbocycles. The zero-order valence-electron chi connectivity index (χ0n) is 11.7. The third kappa shape index (κ3) is 3.96. The van der Waals surface area contributed by atoms with Gasteiger partial charge in [-0.25, -0.2) is 0 Å². The van der Waals surface area contributed by atoms with Crippen LogP contribution in [0.3, 0.4) is 0 Å². The molecular formula is C13H26N2O2. The highest BCUT2D eigenvalue weighted by atomic mass is 16.5. The Labute approximate surface area is 105 Å². The topological polar surface area (TPSA) is 41.6 Å². The molecule has 1 aliphatic rings. The molecule has 0 aromatic rings. The van der Waals surface area contributed by atoms with Gasteiger partial charge in [0.15, 0.2) is 0 Å². The summed E-state index contributed by atoms with van der Waals surface area (Å²) in [6.45, 7) is 7.81. The molecule has 2 unspecified atom stereocenters. The minimum Gasteiger partial charge on any atom is -0.378 e. The molecule has 0 bridgehead atoms. The molecule has 1 heterocycles. The summed E-state index contributed by atoms with van der Waals surface area (Å²) in [5.74, 6) is 0.724. The normalized spacial score (nSPS) is 26.1. The summed E-state index contributed by atoms with van der Waals surface area (Å²) in [5, 5.41) is 3.31.